The maximum absolute atomic E-state index is 11.6. The van der Waals surface area contributed by atoms with Crippen molar-refractivity contribution in [2.24, 2.45) is 0 Å². The van der Waals surface area contributed by atoms with Gasteiger partial charge in [0.05, 0.1) is 18.1 Å². The van der Waals surface area contributed by atoms with Crippen LogP contribution in [0.25, 0.3) is 0 Å². The van der Waals surface area contributed by atoms with Gasteiger partial charge in [-0.25, -0.2) is 0 Å². The first-order valence-electron chi connectivity index (χ1n) is 5.23. The maximum Gasteiger partial charge on any atom is 0.311 e. The quantitative estimate of drug-likeness (QED) is 0.484. The summed E-state index contributed by atoms with van der Waals surface area (Å²) in [5.41, 5.74) is -0.0781. The number of nitrogens with one attached hydrogen (secondary N) is 1. The highest BCUT2D eigenvalue weighted by molar-refractivity contribution is 5.95. The van der Waals surface area contributed by atoms with E-state index in [9.17, 15) is 14.9 Å². The van der Waals surface area contributed by atoms with E-state index in [2.05, 4.69) is 11.2 Å². The molecule has 0 bridgehead atoms. The number of amides is 1. The van der Waals surface area contributed by atoms with E-state index in [1.165, 1.54) is 12.1 Å². The van der Waals surface area contributed by atoms with Crippen LogP contribution in [-0.4, -0.2) is 24.0 Å². The molecule has 0 aliphatic carbocycles. The molecule has 1 rings (SSSR count). The van der Waals surface area contributed by atoms with Crippen LogP contribution in [0.4, 0.5) is 5.69 Å². The van der Waals surface area contributed by atoms with E-state index in [1.54, 1.807) is 6.92 Å². The third kappa shape index (κ3) is 3.22. The van der Waals surface area contributed by atoms with Gasteiger partial charge in [0.2, 0.25) is 0 Å². The van der Waals surface area contributed by atoms with Crippen LogP contribution in [0.15, 0.2) is 18.2 Å². The summed E-state index contributed by atoms with van der Waals surface area (Å²) in [6, 6.07) is 4.01. The van der Waals surface area contributed by atoms with Gasteiger partial charge in [-0.05, 0) is 19.1 Å². The lowest BCUT2D eigenvalue weighted by atomic mass is 10.1. The van der Waals surface area contributed by atoms with Crippen molar-refractivity contribution >= 4 is 11.6 Å². The maximum atomic E-state index is 11.6. The standard InChI is InChI=1S/C12H12N2O4/c1-3-7-13-12(15)9-5-6-11(18-4-2)10(8-9)14(16)17/h1,5-6,8H,4,7H2,2H3,(H,13,15). The van der Waals surface area contributed by atoms with Gasteiger partial charge in [-0.15, -0.1) is 6.42 Å². The molecule has 1 aromatic carbocycles. The predicted octanol–water partition coefficient (Wildman–Crippen LogP) is 1.36. The Balaban J connectivity index is 3.03. The van der Waals surface area contributed by atoms with E-state index in [4.69, 9.17) is 11.2 Å². The zero-order valence-electron chi connectivity index (χ0n) is 9.80. The monoisotopic (exact) mass is 248 g/mol. The van der Waals surface area contributed by atoms with Gasteiger partial charge in [0, 0.05) is 11.6 Å². The number of benzene rings is 1. The lowest BCUT2D eigenvalue weighted by Crippen LogP contribution is -2.23. The Bertz CT molecular complexity index is 505. The van der Waals surface area contributed by atoms with E-state index in [0.29, 0.717) is 6.61 Å². The second kappa shape index (κ2) is 6.25. The molecule has 1 amide bonds. The highest BCUT2D eigenvalue weighted by atomic mass is 16.6. The number of ether oxygens (including phenoxy) is 1. The highest BCUT2D eigenvalue weighted by Gasteiger charge is 2.18. The fraction of sp³-hybridized carbons (Fsp3) is 0.250. The number of hydrogen-bond donors (Lipinski definition) is 1. The number of rotatable bonds is 5. The van der Waals surface area contributed by atoms with Crippen LogP contribution in [0.3, 0.4) is 0 Å². The van der Waals surface area contributed by atoms with Gasteiger partial charge in [-0.3, -0.25) is 14.9 Å². The Morgan fingerprint density at radius 2 is 2.33 bits per heavy atom. The van der Waals surface area contributed by atoms with E-state index in [1.807, 2.05) is 0 Å². The first kappa shape index (κ1) is 13.5. The first-order chi connectivity index (χ1) is 8.60. The van der Waals surface area contributed by atoms with Gasteiger partial charge in [0.25, 0.3) is 5.91 Å². The molecule has 1 N–H and O–H groups in total. The molecule has 0 unspecified atom stereocenters. The minimum Gasteiger partial charge on any atom is -0.487 e. The lowest BCUT2D eigenvalue weighted by molar-refractivity contribution is -0.385. The van der Waals surface area contributed by atoms with E-state index < -0.39 is 10.8 Å². The predicted molar refractivity (Wildman–Crippen MR) is 65.4 cm³/mol. The molecule has 0 aliphatic heterocycles. The summed E-state index contributed by atoms with van der Waals surface area (Å²) in [4.78, 5) is 21.8. The highest BCUT2D eigenvalue weighted by Crippen LogP contribution is 2.27. The number of carbonyl (C=O) groups excluding carboxylic acids is 1. The number of nitro groups is 1. The molecule has 0 saturated carbocycles. The van der Waals surface area contributed by atoms with Gasteiger partial charge in [-0.1, -0.05) is 5.92 Å². The smallest absolute Gasteiger partial charge is 0.311 e. The second-order valence-corrected chi connectivity index (χ2v) is 3.26. The summed E-state index contributed by atoms with van der Waals surface area (Å²) < 4.78 is 5.11. The van der Waals surface area contributed by atoms with Crippen molar-refractivity contribution in [2.45, 2.75) is 6.92 Å². The molecule has 6 nitrogen and oxygen atoms in total. The van der Waals surface area contributed by atoms with Crippen molar-refractivity contribution in [1.29, 1.82) is 0 Å². The number of carbonyl (C=O) groups is 1. The van der Waals surface area contributed by atoms with Gasteiger partial charge in [-0.2, -0.15) is 0 Å². The van der Waals surface area contributed by atoms with Crippen molar-refractivity contribution in [3.63, 3.8) is 0 Å². The summed E-state index contributed by atoms with van der Waals surface area (Å²) in [5, 5.41) is 13.3. The minimum atomic E-state index is -0.594. The average Bonchev–Trinajstić information content (AvgIpc) is 2.36. The van der Waals surface area contributed by atoms with Crippen LogP contribution >= 0.6 is 0 Å². The number of nitro benzene ring substituents is 1. The van der Waals surface area contributed by atoms with Crippen LogP contribution in [-0.2, 0) is 0 Å². The molecule has 6 heteroatoms. The molecule has 0 spiro atoms. The first-order valence-corrected chi connectivity index (χ1v) is 5.23. The van der Waals surface area contributed by atoms with E-state index in [0.717, 1.165) is 6.07 Å². The molecule has 0 aromatic heterocycles. The molecule has 94 valence electrons. The van der Waals surface area contributed by atoms with Crippen molar-refractivity contribution < 1.29 is 14.5 Å². The van der Waals surface area contributed by atoms with E-state index in [-0.39, 0.29) is 23.5 Å². The topological polar surface area (TPSA) is 81.5 Å². The molecule has 0 aliphatic rings. The van der Waals surface area contributed by atoms with Crippen molar-refractivity contribution in [2.75, 3.05) is 13.2 Å². The molecule has 0 heterocycles. The van der Waals surface area contributed by atoms with Crippen molar-refractivity contribution in [3.05, 3.63) is 33.9 Å². The molecule has 0 fully saturated rings. The molecule has 0 saturated heterocycles. The van der Waals surface area contributed by atoms with Crippen molar-refractivity contribution in [1.82, 2.24) is 5.32 Å². The Labute approximate surface area is 104 Å². The van der Waals surface area contributed by atoms with Crippen LogP contribution in [0.5, 0.6) is 5.75 Å². The zero-order valence-corrected chi connectivity index (χ0v) is 9.80. The number of hydrogen-bond acceptors (Lipinski definition) is 4. The van der Waals surface area contributed by atoms with Crippen LogP contribution in [0.1, 0.15) is 17.3 Å². The summed E-state index contributed by atoms with van der Waals surface area (Å²) in [6.07, 6.45) is 5.00. The fourth-order valence-electron chi connectivity index (χ4n) is 1.31. The van der Waals surface area contributed by atoms with E-state index >= 15 is 0 Å². The molecular weight excluding hydrogens is 236 g/mol. The molecule has 0 radical (unpaired) electrons. The van der Waals surface area contributed by atoms with Gasteiger partial charge in [0.15, 0.2) is 5.75 Å². The fourth-order valence-corrected chi connectivity index (χ4v) is 1.31. The van der Waals surface area contributed by atoms with Crippen LogP contribution in [0, 0.1) is 22.5 Å². The SMILES string of the molecule is C#CCNC(=O)c1ccc(OCC)c([N+](=O)[O-])c1. The largest absolute Gasteiger partial charge is 0.487 e. The minimum absolute atomic E-state index is 0.0693. The van der Waals surface area contributed by atoms with Gasteiger partial charge >= 0.3 is 5.69 Å². The van der Waals surface area contributed by atoms with Gasteiger partial charge < -0.3 is 10.1 Å². The molecule has 18 heavy (non-hydrogen) atoms. The number of terminal acetylenes is 1. The summed E-state index contributed by atoms with van der Waals surface area (Å²) in [5.74, 6) is 1.92. The lowest BCUT2D eigenvalue weighted by Gasteiger charge is -2.06. The van der Waals surface area contributed by atoms with Gasteiger partial charge in [0.1, 0.15) is 0 Å². The third-order valence-corrected chi connectivity index (χ3v) is 2.07. The summed E-state index contributed by atoms with van der Waals surface area (Å²) in [7, 11) is 0. The Hall–Kier alpha value is -2.55. The van der Waals surface area contributed by atoms with Crippen LogP contribution < -0.4 is 10.1 Å². The Morgan fingerprint density at radius 3 is 2.89 bits per heavy atom. The van der Waals surface area contributed by atoms with Crippen molar-refractivity contribution in [3.8, 4) is 18.1 Å². The normalized spacial score (nSPS) is 9.33. The average molecular weight is 248 g/mol. The van der Waals surface area contributed by atoms with Crippen LogP contribution in [0.2, 0.25) is 0 Å². The Morgan fingerprint density at radius 1 is 1.61 bits per heavy atom. The summed E-state index contributed by atoms with van der Waals surface area (Å²) in [6.45, 7) is 2.10. The molecule has 1 aromatic rings. The third-order valence-electron chi connectivity index (χ3n) is 2.07. The molecule has 0 atom stereocenters. The molecular formula is C12H12N2O4. The zero-order chi connectivity index (χ0) is 13.5. The Kier molecular flexibility index (Phi) is 4.69. The number of nitrogens with zero attached hydrogens (tertiary/aromatic N) is 1. The summed E-state index contributed by atoms with van der Waals surface area (Å²) >= 11 is 0. The second-order valence-electron chi connectivity index (χ2n) is 3.26.